The van der Waals surface area contributed by atoms with Gasteiger partial charge in [-0.05, 0) is 38.4 Å². The van der Waals surface area contributed by atoms with E-state index in [1.54, 1.807) is 19.1 Å². The van der Waals surface area contributed by atoms with Gasteiger partial charge in [0.25, 0.3) is 5.91 Å². The first-order chi connectivity index (χ1) is 13.1. The summed E-state index contributed by atoms with van der Waals surface area (Å²) in [6.45, 7) is 5.11. The molecule has 7 heteroatoms. The van der Waals surface area contributed by atoms with E-state index in [1.807, 2.05) is 18.2 Å². The average Bonchev–Trinajstić information content (AvgIpc) is 2.93. The summed E-state index contributed by atoms with van der Waals surface area (Å²) < 4.78 is 10.8. The molecular formula is C20H31N3O4. The van der Waals surface area contributed by atoms with Gasteiger partial charge in [-0.25, -0.2) is 0 Å². The van der Waals surface area contributed by atoms with Crippen molar-refractivity contribution in [2.24, 2.45) is 0 Å². The Morgan fingerprint density at radius 3 is 2.78 bits per heavy atom. The topological polar surface area (TPSA) is 74.3 Å². The number of likely N-dealkylation sites (tertiary alicyclic amines) is 1. The Hall–Kier alpha value is -1.83. The number of amides is 1. The van der Waals surface area contributed by atoms with E-state index in [0.29, 0.717) is 37.6 Å². The summed E-state index contributed by atoms with van der Waals surface area (Å²) >= 11 is 0. The first-order valence-electron chi connectivity index (χ1n) is 9.72. The van der Waals surface area contributed by atoms with E-state index in [9.17, 15) is 9.90 Å². The Morgan fingerprint density at radius 1 is 1.15 bits per heavy atom. The maximum atomic E-state index is 13.1. The van der Waals surface area contributed by atoms with Crippen LogP contribution in [0.1, 0.15) is 24.8 Å². The molecule has 0 unspecified atom stereocenters. The number of nitrogens with zero attached hydrogens (tertiary/aromatic N) is 2. The van der Waals surface area contributed by atoms with E-state index in [1.165, 1.54) is 0 Å². The zero-order valence-corrected chi connectivity index (χ0v) is 16.4. The predicted octanol–water partition coefficient (Wildman–Crippen LogP) is 0.853. The SMILES string of the molecule is COc1cccc(CN2CCC[C@](O)(CN3CCCNCC3)C2=O)c1OC. The number of nitrogens with one attached hydrogen (secondary N) is 1. The van der Waals surface area contributed by atoms with Gasteiger partial charge in [0, 0.05) is 38.3 Å². The van der Waals surface area contributed by atoms with Crippen LogP contribution in [0.4, 0.5) is 0 Å². The first kappa shape index (κ1) is 19.9. The summed E-state index contributed by atoms with van der Waals surface area (Å²) in [4.78, 5) is 17.1. The van der Waals surface area contributed by atoms with Crippen molar-refractivity contribution in [1.29, 1.82) is 0 Å². The van der Waals surface area contributed by atoms with Crippen molar-refractivity contribution in [1.82, 2.24) is 15.1 Å². The molecule has 2 saturated heterocycles. The lowest BCUT2D eigenvalue weighted by Crippen LogP contribution is -2.58. The maximum Gasteiger partial charge on any atom is 0.256 e. The van der Waals surface area contributed by atoms with Gasteiger partial charge in [-0.15, -0.1) is 0 Å². The highest BCUT2D eigenvalue weighted by Crippen LogP contribution is 2.33. The number of para-hydroxylation sites is 1. The maximum absolute atomic E-state index is 13.1. The van der Waals surface area contributed by atoms with Crippen LogP contribution in [-0.4, -0.2) is 79.9 Å². The van der Waals surface area contributed by atoms with Gasteiger partial charge in [0.1, 0.15) is 0 Å². The third-order valence-corrected chi connectivity index (χ3v) is 5.47. The Bertz CT molecular complexity index is 646. The number of carbonyl (C=O) groups excluding carboxylic acids is 1. The highest BCUT2D eigenvalue weighted by molar-refractivity contribution is 5.86. The van der Waals surface area contributed by atoms with Crippen LogP contribution in [-0.2, 0) is 11.3 Å². The molecule has 1 amide bonds. The molecule has 1 aromatic carbocycles. The summed E-state index contributed by atoms with van der Waals surface area (Å²) in [6, 6.07) is 5.66. The molecular weight excluding hydrogens is 346 g/mol. The van der Waals surface area contributed by atoms with E-state index in [0.717, 1.165) is 44.6 Å². The molecule has 0 spiro atoms. The molecule has 0 bridgehead atoms. The third-order valence-electron chi connectivity index (χ3n) is 5.47. The normalized spacial score (nSPS) is 24.6. The second kappa shape index (κ2) is 8.91. The standard InChI is InChI=1S/C20H31N3O4/c1-26-17-7-3-6-16(18(17)27-2)14-23-12-4-8-20(25,19(23)24)15-22-11-5-9-21-10-13-22/h3,6-7,21,25H,4-5,8-15H2,1-2H3/t20-/m0/s1. The lowest BCUT2D eigenvalue weighted by molar-refractivity contribution is -0.160. The molecule has 2 heterocycles. The lowest BCUT2D eigenvalue weighted by Gasteiger charge is -2.40. The molecule has 0 saturated carbocycles. The van der Waals surface area contributed by atoms with Crippen LogP contribution in [0.5, 0.6) is 11.5 Å². The van der Waals surface area contributed by atoms with Crippen LogP contribution in [0.2, 0.25) is 0 Å². The minimum Gasteiger partial charge on any atom is -0.493 e. The summed E-state index contributed by atoms with van der Waals surface area (Å²) in [5.41, 5.74) is -0.428. The van der Waals surface area contributed by atoms with Gasteiger partial charge in [0.15, 0.2) is 17.1 Å². The Labute approximate surface area is 161 Å². The number of hydrogen-bond donors (Lipinski definition) is 2. The smallest absolute Gasteiger partial charge is 0.256 e. The molecule has 27 heavy (non-hydrogen) atoms. The zero-order valence-electron chi connectivity index (χ0n) is 16.4. The number of rotatable bonds is 6. The van der Waals surface area contributed by atoms with Gasteiger partial charge in [-0.1, -0.05) is 12.1 Å². The highest BCUT2D eigenvalue weighted by atomic mass is 16.5. The summed E-state index contributed by atoms with van der Waals surface area (Å²) in [5, 5.41) is 14.5. The first-order valence-corrected chi connectivity index (χ1v) is 9.72. The Morgan fingerprint density at radius 2 is 2.00 bits per heavy atom. The third kappa shape index (κ3) is 4.54. The van der Waals surface area contributed by atoms with Crippen LogP contribution >= 0.6 is 0 Å². The van der Waals surface area contributed by atoms with Crippen molar-refractivity contribution in [3.8, 4) is 11.5 Å². The highest BCUT2D eigenvalue weighted by Gasteiger charge is 2.43. The van der Waals surface area contributed by atoms with Gasteiger partial charge >= 0.3 is 0 Å². The van der Waals surface area contributed by atoms with Crippen LogP contribution in [0.15, 0.2) is 18.2 Å². The van der Waals surface area contributed by atoms with Crippen LogP contribution < -0.4 is 14.8 Å². The van der Waals surface area contributed by atoms with Crippen molar-refractivity contribution >= 4 is 5.91 Å². The fourth-order valence-corrected chi connectivity index (χ4v) is 4.08. The number of piperidine rings is 1. The number of carbonyl (C=O) groups is 1. The van der Waals surface area contributed by atoms with E-state index < -0.39 is 5.60 Å². The van der Waals surface area contributed by atoms with Gasteiger partial charge in [-0.2, -0.15) is 0 Å². The van der Waals surface area contributed by atoms with Crippen molar-refractivity contribution in [3.05, 3.63) is 23.8 Å². The Kier molecular flexibility index (Phi) is 6.57. The quantitative estimate of drug-likeness (QED) is 0.766. The average molecular weight is 377 g/mol. The van der Waals surface area contributed by atoms with Crippen molar-refractivity contribution in [2.45, 2.75) is 31.4 Å². The van der Waals surface area contributed by atoms with E-state index in [2.05, 4.69) is 10.2 Å². The number of β-amino-alcohol motifs (C(OH)–C–C–N with tert-alkyl or cyclic N) is 1. The second-order valence-corrected chi connectivity index (χ2v) is 7.39. The molecule has 0 aromatic heterocycles. The molecule has 1 atom stereocenters. The largest absolute Gasteiger partial charge is 0.493 e. The molecule has 3 rings (SSSR count). The zero-order chi connectivity index (χ0) is 19.3. The van der Waals surface area contributed by atoms with Crippen LogP contribution in [0.25, 0.3) is 0 Å². The summed E-state index contributed by atoms with van der Waals surface area (Å²) in [5.74, 6) is 1.10. The van der Waals surface area contributed by atoms with E-state index in [-0.39, 0.29) is 5.91 Å². The van der Waals surface area contributed by atoms with Gasteiger partial charge in [0.2, 0.25) is 0 Å². The molecule has 0 radical (unpaired) electrons. The minimum absolute atomic E-state index is 0.184. The van der Waals surface area contributed by atoms with Crippen molar-refractivity contribution in [2.75, 3.05) is 53.5 Å². The van der Waals surface area contributed by atoms with Crippen molar-refractivity contribution < 1.29 is 19.4 Å². The Balaban J connectivity index is 1.73. The van der Waals surface area contributed by atoms with Gasteiger partial charge < -0.3 is 24.8 Å². The molecule has 7 nitrogen and oxygen atoms in total. The van der Waals surface area contributed by atoms with Crippen LogP contribution in [0.3, 0.4) is 0 Å². The van der Waals surface area contributed by atoms with Crippen LogP contribution in [0, 0.1) is 0 Å². The van der Waals surface area contributed by atoms with Gasteiger partial charge in [-0.3, -0.25) is 9.69 Å². The van der Waals surface area contributed by atoms with E-state index >= 15 is 0 Å². The number of hydrogen-bond acceptors (Lipinski definition) is 6. The number of methoxy groups -OCH3 is 2. The summed E-state index contributed by atoms with van der Waals surface area (Å²) in [7, 11) is 3.20. The number of ether oxygens (including phenoxy) is 2. The number of aliphatic hydroxyl groups is 1. The fraction of sp³-hybridized carbons (Fsp3) is 0.650. The van der Waals surface area contributed by atoms with Gasteiger partial charge in [0.05, 0.1) is 14.2 Å². The molecule has 2 N–H and O–H groups in total. The lowest BCUT2D eigenvalue weighted by atomic mass is 9.90. The minimum atomic E-state index is -1.31. The predicted molar refractivity (Wildman–Crippen MR) is 103 cm³/mol. The van der Waals surface area contributed by atoms with Crippen molar-refractivity contribution in [3.63, 3.8) is 0 Å². The molecule has 150 valence electrons. The summed E-state index contributed by atoms with van der Waals surface area (Å²) in [6.07, 6.45) is 2.34. The molecule has 1 aromatic rings. The monoisotopic (exact) mass is 377 g/mol. The second-order valence-electron chi connectivity index (χ2n) is 7.39. The molecule has 2 aliphatic heterocycles. The molecule has 2 fully saturated rings. The molecule has 2 aliphatic rings. The molecule has 0 aliphatic carbocycles. The van der Waals surface area contributed by atoms with E-state index in [4.69, 9.17) is 9.47 Å². The number of benzene rings is 1. The fourth-order valence-electron chi connectivity index (χ4n) is 4.08.